The van der Waals surface area contributed by atoms with Gasteiger partial charge in [-0.1, -0.05) is 12.8 Å². The summed E-state index contributed by atoms with van der Waals surface area (Å²) >= 11 is 0. The first-order valence-corrected chi connectivity index (χ1v) is 6.14. The summed E-state index contributed by atoms with van der Waals surface area (Å²) < 4.78 is 1.57. The zero-order valence-corrected chi connectivity index (χ0v) is 10.3. The molecule has 0 unspecified atom stereocenters. The summed E-state index contributed by atoms with van der Waals surface area (Å²) in [5.41, 5.74) is 0. The van der Waals surface area contributed by atoms with Crippen LogP contribution in [-0.4, -0.2) is 33.3 Å². The summed E-state index contributed by atoms with van der Waals surface area (Å²) in [6.45, 7) is 0.874. The van der Waals surface area contributed by atoms with Gasteiger partial charge in [0.2, 0.25) is 5.91 Å². The largest absolute Gasteiger partial charge is 0.481 e. The molecule has 0 aliphatic rings. The highest BCUT2D eigenvalue weighted by atomic mass is 16.4. The molecule has 1 amide bonds. The normalized spacial score (nSPS) is 10.2. The van der Waals surface area contributed by atoms with Gasteiger partial charge in [-0.3, -0.25) is 14.3 Å². The summed E-state index contributed by atoms with van der Waals surface area (Å²) in [6.07, 6.45) is 7.02. The molecule has 1 aromatic heterocycles. The van der Waals surface area contributed by atoms with Crippen molar-refractivity contribution >= 4 is 11.9 Å². The molecule has 0 radical (unpaired) electrons. The summed E-state index contributed by atoms with van der Waals surface area (Å²) in [6, 6.07) is 1.77. The number of rotatable bonds is 9. The van der Waals surface area contributed by atoms with Crippen LogP contribution in [0.5, 0.6) is 0 Å². The fraction of sp³-hybridized carbons (Fsp3) is 0.583. The lowest BCUT2D eigenvalue weighted by Crippen LogP contribution is -2.28. The monoisotopic (exact) mass is 253 g/mol. The number of carboxylic acids is 1. The Morgan fingerprint density at radius 3 is 2.67 bits per heavy atom. The van der Waals surface area contributed by atoms with Crippen molar-refractivity contribution in [2.24, 2.45) is 0 Å². The number of hydrogen-bond acceptors (Lipinski definition) is 3. The van der Waals surface area contributed by atoms with E-state index in [1.54, 1.807) is 23.1 Å². The molecule has 0 atom stereocenters. The number of carbonyl (C=O) groups excluding carboxylic acids is 1. The molecule has 0 fully saturated rings. The van der Waals surface area contributed by atoms with Gasteiger partial charge >= 0.3 is 5.97 Å². The van der Waals surface area contributed by atoms with Gasteiger partial charge in [0.05, 0.1) is 0 Å². The van der Waals surface area contributed by atoms with E-state index in [4.69, 9.17) is 5.11 Å². The number of nitrogens with zero attached hydrogens (tertiary/aromatic N) is 2. The van der Waals surface area contributed by atoms with E-state index < -0.39 is 5.97 Å². The average molecular weight is 253 g/mol. The highest BCUT2D eigenvalue weighted by Crippen LogP contribution is 2.02. The van der Waals surface area contributed by atoms with Gasteiger partial charge in [-0.15, -0.1) is 0 Å². The van der Waals surface area contributed by atoms with Crippen LogP contribution >= 0.6 is 0 Å². The summed E-state index contributed by atoms with van der Waals surface area (Å²) in [5.74, 6) is -0.799. The second-order valence-corrected chi connectivity index (χ2v) is 4.11. The van der Waals surface area contributed by atoms with Gasteiger partial charge in [0.15, 0.2) is 0 Å². The van der Waals surface area contributed by atoms with E-state index in [1.165, 1.54) is 0 Å². The molecule has 0 saturated carbocycles. The lowest BCUT2D eigenvalue weighted by atomic mass is 10.1. The van der Waals surface area contributed by atoms with E-state index in [1.807, 2.05) is 0 Å². The van der Waals surface area contributed by atoms with Crippen molar-refractivity contribution in [1.29, 1.82) is 0 Å². The molecule has 1 aromatic rings. The molecule has 0 aliphatic carbocycles. The number of carbonyl (C=O) groups is 2. The molecule has 0 bridgehead atoms. The summed E-state index contributed by atoms with van der Waals surface area (Å²) in [7, 11) is 0. The second-order valence-electron chi connectivity index (χ2n) is 4.11. The predicted molar refractivity (Wildman–Crippen MR) is 66.0 cm³/mol. The Bertz CT molecular complexity index is 363. The summed E-state index contributed by atoms with van der Waals surface area (Å²) in [5, 5.41) is 15.2. The van der Waals surface area contributed by atoms with Crippen LogP contribution < -0.4 is 5.32 Å². The first-order chi connectivity index (χ1) is 8.68. The quantitative estimate of drug-likeness (QED) is 0.644. The van der Waals surface area contributed by atoms with Gasteiger partial charge in [-0.05, 0) is 18.9 Å². The van der Waals surface area contributed by atoms with Crippen LogP contribution in [0.3, 0.4) is 0 Å². The lowest BCUT2D eigenvalue weighted by molar-refractivity contribution is -0.137. The SMILES string of the molecule is O=C(O)CCCCCCNC(=O)Cn1cccn1. The number of nitrogens with one attached hydrogen (secondary N) is 1. The first kappa shape index (κ1) is 14.2. The first-order valence-electron chi connectivity index (χ1n) is 6.14. The van der Waals surface area contributed by atoms with Gasteiger partial charge < -0.3 is 10.4 Å². The third kappa shape index (κ3) is 6.67. The number of carboxylic acid groups (broad SMARTS) is 1. The molecule has 1 rings (SSSR count). The van der Waals surface area contributed by atoms with Gasteiger partial charge in [-0.2, -0.15) is 5.10 Å². The molecular formula is C12H19N3O3. The average Bonchev–Trinajstić information content (AvgIpc) is 2.80. The number of hydrogen-bond donors (Lipinski definition) is 2. The fourth-order valence-electron chi connectivity index (χ4n) is 1.58. The van der Waals surface area contributed by atoms with Crippen LogP contribution in [-0.2, 0) is 16.1 Å². The maximum Gasteiger partial charge on any atom is 0.303 e. The van der Waals surface area contributed by atoms with Crippen molar-refractivity contribution in [3.05, 3.63) is 18.5 Å². The van der Waals surface area contributed by atoms with Crippen LogP contribution in [0.25, 0.3) is 0 Å². The van der Waals surface area contributed by atoms with Crippen LogP contribution in [0.1, 0.15) is 32.1 Å². The van der Waals surface area contributed by atoms with E-state index in [0.29, 0.717) is 13.0 Å². The van der Waals surface area contributed by atoms with Crippen LogP contribution in [0.4, 0.5) is 0 Å². The van der Waals surface area contributed by atoms with Crippen molar-refractivity contribution in [2.45, 2.75) is 38.6 Å². The van der Waals surface area contributed by atoms with Crippen molar-refractivity contribution < 1.29 is 14.7 Å². The molecule has 100 valence electrons. The molecular weight excluding hydrogens is 234 g/mol. The van der Waals surface area contributed by atoms with E-state index >= 15 is 0 Å². The smallest absolute Gasteiger partial charge is 0.303 e. The molecule has 0 saturated heterocycles. The van der Waals surface area contributed by atoms with Crippen LogP contribution in [0.15, 0.2) is 18.5 Å². The van der Waals surface area contributed by atoms with Crippen molar-refractivity contribution in [3.63, 3.8) is 0 Å². The van der Waals surface area contributed by atoms with Gasteiger partial charge in [0.1, 0.15) is 6.54 Å². The molecule has 2 N–H and O–H groups in total. The van der Waals surface area contributed by atoms with Crippen LogP contribution in [0, 0.1) is 0 Å². The van der Waals surface area contributed by atoms with E-state index in [0.717, 1.165) is 19.3 Å². The third-order valence-electron chi connectivity index (χ3n) is 2.50. The predicted octanol–water partition coefficient (Wildman–Crippen LogP) is 1.03. The Kier molecular flexibility index (Phi) is 6.53. The molecule has 18 heavy (non-hydrogen) atoms. The van der Waals surface area contributed by atoms with E-state index in [-0.39, 0.29) is 18.9 Å². The van der Waals surface area contributed by atoms with Gasteiger partial charge in [-0.25, -0.2) is 0 Å². The third-order valence-corrected chi connectivity index (χ3v) is 2.50. The minimum atomic E-state index is -0.748. The van der Waals surface area contributed by atoms with Crippen molar-refractivity contribution in [3.8, 4) is 0 Å². The topological polar surface area (TPSA) is 84.2 Å². The highest BCUT2D eigenvalue weighted by Gasteiger charge is 2.01. The lowest BCUT2D eigenvalue weighted by Gasteiger charge is -2.05. The zero-order chi connectivity index (χ0) is 13.2. The number of aliphatic carboxylic acids is 1. The Hall–Kier alpha value is -1.85. The highest BCUT2D eigenvalue weighted by molar-refractivity contribution is 5.75. The van der Waals surface area contributed by atoms with Gasteiger partial charge in [0, 0.05) is 25.4 Å². The Morgan fingerprint density at radius 1 is 1.22 bits per heavy atom. The number of aromatic nitrogens is 2. The molecule has 0 aliphatic heterocycles. The van der Waals surface area contributed by atoms with E-state index in [9.17, 15) is 9.59 Å². The molecule has 6 nitrogen and oxygen atoms in total. The summed E-state index contributed by atoms with van der Waals surface area (Å²) in [4.78, 5) is 21.7. The minimum absolute atomic E-state index is 0.0516. The fourth-order valence-corrected chi connectivity index (χ4v) is 1.58. The Labute approximate surface area is 106 Å². The van der Waals surface area contributed by atoms with Crippen molar-refractivity contribution in [1.82, 2.24) is 15.1 Å². The van der Waals surface area contributed by atoms with Gasteiger partial charge in [0.25, 0.3) is 0 Å². The number of unbranched alkanes of at least 4 members (excludes halogenated alkanes) is 3. The maximum atomic E-state index is 11.4. The second kappa shape index (κ2) is 8.27. The molecule has 1 heterocycles. The Balaban J connectivity index is 1.94. The maximum absolute atomic E-state index is 11.4. The minimum Gasteiger partial charge on any atom is -0.481 e. The standard InChI is InChI=1S/C12H19N3O3/c16-11(10-15-9-5-8-14-15)13-7-4-2-1-3-6-12(17)18/h5,8-9H,1-4,6-7,10H2,(H,13,16)(H,17,18). The molecule has 0 spiro atoms. The number of amides is 1. The molecule has 6 heteroatoms. The van der Waals surface area contributed by atoms with E-state index in [2.05, 4.69) is 10.4 Å². The Morgan fingerprint density at radius 2 is 2.00 bits per heavy atom. The van der Waals surface area contributed by atoms with Crippen LogP contribution in [0.2, 0.25) is 0 Å². The van der Waals surface area contributed by atoms with Crippen molar-refractivity contribution in [2.75, 3.05) is 6.54 Å². The zero-order valence-electron chi connectivity index (χ0n) is 10.3. The molecule has 0 aromatic carbocycles.